The van der Waals surface area contributed by atoms with Crippen LogP contribution in [0.2, 0.25) is 0 Å². The largest absolute Gasteiger partial charge is 0.416 e. The van der Waals surface area contributed by atoms with E-state index in [1.165, 1.54) is 12.1 Å². The fourth-order valence-electron chi connectivity index (χ4n) is 2.19. The number of benzene rings is 1. The predicted octanol–water partition coefficient (Wildman–Crippen LogP) is 1.69. The minimum atomic E-state index is -4.36. The van der Waals surface area contributed by atoms with Gasteiger partial charge >= 0.3 is 12.2 Å². The van der Waals surface area contributed by atoms with E-state index >= 15 is 0 Å². The lowest BCUT2D eigenvalue weighted by atomic mass is 10.1. The van der Waals surface area contributed by atoms with Crippen LogP contribution in [0.5, 0.6) is 0 Å². The van der Waals surface area contributed by atoms with Crippen LogP contribution in [0.25, 0.3) is 0 Å². The quantitative estimate of drug-likeness (QED) is 0.920. The van der Waals surface area contributed by atoms with E-state index in [9.17, 15) is 22.8 Å². The molecule has 0 bridgehead atoms. The van der Waals surface area contributed by atoms with Gasteiger partial charge in [0.1, 0.15) is 0 Å². The van der Waals surface area contributed by atoms with Crippen molar-refractivity contribution in [3.05, 3.63) is 35.4 Å². The minimum Gasteiger partial charge on any atom is -0.336 e. The standard InChI is InChI=1S/C14H16F3N3O2/c1-19(9-12(21)20-7-6-18-13(20)22)8-10-2-4-11(5-3-10)14(15,16)17/h2-5H,6-9H2,1H3,(H,18,22). The van der Waals surface area contributed by atoms with Crippen molar-refractivity contribution in [1.29, 1.82) is 0 Å². The van der Waals surface area contributed by atoms with Crippen molar-refractivity contribution >= 4 is 11.9 Å². The molecular formula is C14H16F3N3O2. The molecule has 0 unspecified atom stereocenters. The van der Waals surface area contributed by atoms with E-state index in [4.69, 9.17) is 0 Å². The van der Waals surface area contributed by atoms with Gasteiger partial charge in [0, 0.05) is 19.6 Å². The Morgan fingerprint density at radius 1 is 1.32 bits per heavy atom. The molecule has 1 aromatic carbocycles. The number of alkyl halides is 3. The van der Waals surface area contributed by atoms with Crippen LogP contribution in [-0.2, 0) is 17.5 Å². The number of imide groups is 1. The Bertz CT molecular complexity index is 557. The number of halogens is 3. The molecule has 5 nitrogen and oxygen atoms in total. The normalized spacial score (nSPS) is 15.3. The number of likely N-dealkylation sites (N-methyl/N-ethyl adjacent to an activating group) is 1. The summed E-state index contributed by atoms with van der Waals surface area (Å²) in [5.41, 5.74) is -0.0436. The average molecular weight is 315 g/mol. The van der Waals surface area contributed by atoms with Gasteiger partial charge in [0.2, 0.25) is 5.91 Å². The topological polar surface area (TPSA) is 52.7 Å². The van der Waals surface area contributed by atoms with E-state index in [0.717, 1.165) is 17.0 Å². The molecule has 1 aliphatic heterocycles. The number of amides is 3. The summed E-state index contributed by atoms with van der Waals surface area (Å²) in [6.45, 7) is 1.12. The van der Waals surface area contributed by atoms with Gasteiger partial charge in [0.15, 0.2) is 0 Å². The molecule has 1 saturated heterocycles. The lowest BCUT2D eigenvalue weighted by molar-refractivity contribution is -0.137. The molecule has 1 heterocycles. The fourth-order valence-corrected chi connectivity index (χ4v) is 2.19. The summed E-state index contributed by atoms with van der Waals surface area (Å²) in [6.07, 6.45) is -4.36. The van der Waals surface area contributed by atoms with Gasteiger partial charge in [-0.25, -0.2) is 4.79 Å². The summed E-state index contributed by atoms with van der Waals surface area (Å²) in [5.74, 6) is -0.329. The molecule has 1 aromatic rings. The van der Waals surface area contributed by atoms with Crippen molar-refractivity contribution < 1.29 is 22.8 Å². The van der Waals surface area contributed by atoms with E-state index in [1.807, 2.05) is 0 Å². The van der Waals surface area contributed by atoms with Crippen LogP contribution in [0.1, 0.15) is 11.1 Å². The van der Waals surface area contributed by atoms with Gasteiger partial charge in [0.05, 0.1) is 12.1 Å². The fraction of sp³-hybridized carbons (Fsp3) is 0.429. The molecule has 2 rings (SSSR count). The van der Waals surface area contributed by atoms with Crippen molar-refractivity contribution in [2.75, 3.05) is 26.7 Å². The van der Waals surface area contributed by atoms with E-state index < -0.39 is 17.8 Å². The molecule has 0 aromatic heterocycles. The Morgan fingerprint density at radius 3 is 2.45 bits per heavy atom. The molecule has 0 aliphatic carbocycles. The maximum absolute atomic E-state index is 12.5. The van der Waals surface area contributed by atoms with Gasteiger partial charge in [-0.1, -0.05) is 12.1 Å². The molecule has 1 fully saturated rings. The molecule has 0 atom stereocenters. The minimum absolute atomic E-state index is 0.0223. The second-order valence-corrected chi connectivity index (χ2v) is 5.14. The third-order valence-corrected chi connectivity index (χ3v) is 3.30. The van der Waals surface area contributed by atoms with Crippen molar-refractivity contribution in [3.63, 3.8) is 0 Å². The second kappa shape index (κ2) is 6.35. The van der Waals surface area contributed by atoms with Crippen LogP contribution < -0.4 is 5.32 Å². The molecule has 0 spiro atoms. The average Bonchev–Trinajstić information content (AvgIpc) is 2.84. The molecule has 8 heteroatoms. The number of hydrogen-bond donors (Lipinski definition) is 1. The van der Waals surface area contributed by atoms with Gasteiger partial charge in [-0.3, -0.25) is 14.6 Å². The summed E-state index contributed by atoms with van der Waals surface area (Å²) < 4.78 is 37.4. The van der Waals surface area contributed by atoms with Crippen LogP contribution in [0.15, 0.2) is 24.3 Å². The number of carbonyl (C=O) groups is 2. The maximum Gasteiger partial charge on any atom is 0.416 e. The van der Waals surface area contributed by atoms with E-state index in [1.54, 1.807) is 11.9 Å². The highest BCUT2D eigenvalue weighted by Gasteiger charge is 2.30. The Morgan fingerprint density at radius 2 is 1.95 bits per heavy atom. The number of rotatable bonds is 4. The van der Waals surface area contributed by atoms with Gasteiger partial charge in [-0.2, -0.15) is 13.2 Å². The first-order valence-electron chi connectivity index (χ1n) is 6.70. The number of nitrogens with one attached hydrogen (secondary N) is 1. The molecule has 0 radical (unpaired) electrons. The summed E-state index contributed by atoms with van der Waals surface area (Å²) >= 11 is 0. The van der Waals surface area contributed by atoms with Crippen LogP contribution in [0.3, 0.4) is 0 Å². The number of urea groups is 1. The zero-order chi connectivity index (χ0) is 16.3. The van der Waals surface area contributed by atoms with Gasteiger partial charge in [0.25, 0.3) is 0 Å². The Kier molecular flexibility index (Phi) is 4.70. The second-order valence-electron chi connectivity index (χ2n) is 5.14. The van der Waals surface area contributed by atoms with Crippen molar-refractivity contribution in [2.45, 2.75) is 12.7 Å². The van der Waals surface area contributed by atoms with Gasteiger partial charge in [-0.05, 0) is 24.7 Å². The van der Waals surface area contributed by atoms with E-state index in [2.05, 4.69) is 5.32 Å². The third kappa shape index (κ3) is 3.97. The zero-order valence-electron chi connectivity index (χ0n) is 12.0. The summed E-state index contributed by atoms with van der Waals surface area (Å²) in [5, 5.41) is 2.53. The molecule has 22 heavy (non-hydrogen) atoms. The smallest absolute Gasteiger partial charge is 0.336 e. The monoisotopic (exact) mass is 315 g/mol. The van der Waals surface area contributed by atoms with Crippen LogP contribution in [0, 0.1) is 0 Å². The Balaban J connectivity index is 1.90. The van der Waals surface area contributed by atoms with Crippen molar-refractivity contribution in [3.8, 4) is 0 Å². The first-order valence-corrected chi connectivity index (χ1v) is 6.70. The third-order valence-electron chi connectivity index (χ3n) is 3.30. The van der Waals surface area contributed by atoms with E-state index in [-0.39, 0.29) is 12.5 Å². The highest BCUT2D eigenvalue weighted by molar-refractivity contribution is 5.96. The predicted molar refractivity (Wildman–Crippen MR) is 72.9 cm³/mol. The van der Waals surface area contributed by atoms with E-state index in [0.29, 0.717) is 25.2 Å². The highest BCUT2D eigenvalue weighted by atomic mass is 19.4. The Hall–Kier alpha value is -2.09. The van der Waals surface area contributed by atoms with Gasteiger partial charge < -0.3 is 5.32 Å². The molecule has 3 amide bonds. The molecular weight excluding hydrogens is 299 g/mol. The van der Waals surface area contributed by atoms with Crippen molar-refractivity contribution in [1.82, 2.24) is 15.1 Å². The molecule has 1 N–H and O–H groups in total. The summed E-state index contributed by atoms with van der Waals surface area (Å²) in [4.78, 5) is 26.1. The maximum atomic E-state index is 12.5. The molecule has 1 aliphatic rings. The van der Waals surface area contributed by atoms with Crippen molar-refractivity contribution in [2.24, 2.45) is 0 Å². The van der Waals surface area contributed by atoms with Crippen LogP contribution in [0.4, 0.5) is 18.0 Å². The first-order chi connectivity index (χ1) is 10.3. The van der Waals surface area contributed by atoms with Gasteiger partial charge in [-0.15, -0.1) is 0 Å². The summed E-state index contributed by atoms with van der Waals surface area (Å²) in [7, 11) is 1.67. The lowest BCUT2D eigenvalue weighted by Crippen LogP contribution is -2.40. The zero-order valence-corrected chi connectivity index (χ0v) is 12.0. The molecule has 0 saturated carbocycles. The van der Waals surface area contributed by atoms with Crippen LogP contribution >= 0.6 is 0 Å². The molecule has 120 valence electrons. The summed E-state index contributed by atoms with van der Waals surface area (Å²) in [6, 6.07) is 4.38. The number of nitrogens with zero attached hydrogens (tertiary/aromatic N) is 2. The lowest BCUT2D eigenvalue weighted by Gasteiger charge is -2.19. The first kappa shape index (κ1) is 16.3. The number of hydrogen-bond acceptors (Lipinski definition) is 3. The Labute approximate surface area is 125 Å². The highest BCUT2D eigenvalue weighted by Crippen LogP contribution is 2.29. The number of carbonyl (C=O) groups excluding carboxylic acids is 2. The van der Waals surface area contributed by atoms with Crippen LogP contribution in [-0.4, -0.2) is 48.4 Å². The SMILES string of the molecule is CN(CC(=O)N1CCNC1=O)Cc1ccc(C(F)(F)F)cc1.